The van der Waals surface area contributed by atoms with Crippen molar-refractivity contribution in [3.05, 3.63) is 46.5 Å². The third-order valence-electron chi connectivity index (χ3n) is 5.74. The van der Waals surface area contributed by atoms with Gasteiger partial charge in [-0.15, -0.1) is 11.3 Å². The van der Waals surface area contributed by atoms with E-state index in [1.54, 1.807) is 0 Å². The van der Waals surface area contributed by atoms with Crippen molar-refractivity contribution in [2.45, 2.75) is 39.2 Å². The Kier molecular flexibility index (Phi) is 6.27. The number of thiophene rings is 1. The highest BCUT2D eigenvalue weighted by Gasteiger charge is 2.22. The molecule has 1 fully saturated rings. The molecular formula is C23H28N4O3S. The van der Waals surface area contributed by atoms with Gasteiger partial charge in [-0.3, -0.25) is 14.3 Å². The molecule has 7 nitrogen and oxygen atoms in total. The van der Waals surface area contributed by atoms with E-state index in [1.807, 2.05) is 60.8 Å². The van der Waals surface area contributed by atoms with Gasteiger partial charge in [0.05, 0.1) is 16.6 Å². The third-order valence-corrected chi connectivity index (χ3v) is 6.94. The molecule has 0 radical (unpaired) electrons. The highest BCUT2D eigenvalue weighted by molar-refractivity contribution is 7.20. The van der Waals surface area contributed by atoms with Crippen LogP contribution in [0, 0.1) is 6.92 Å². The van der Waals surface area contributed by atoms with Crippen LogP contribution in [0.4, 0.5) is 0 Å². The van der Waals surface area contributed by atoms with Crippen molar-refractivity contribution in [2.24, 2.45) is 7.05 Å². The number of carbonyl (C=O) groups excluding carboxylic acids is 2. The van der Waals surface area contributed by atoms with Crippen LogP contribution in [0.15, 0.2) is 30.3 Å². The molecule has 1 unspecified atom stereocenters. The van der Waals surface area contributed by atoms with Gasteiger partial charge in [-0.25, -0.2) is 0 Å². The average Bonchev–Trinajstić information content (AvgIpc) is 3.50. The monoisotopic (exact) mass is 440 g/mol. The highest BCUT2D eigenvalue weighted by Crippen LogP contribution is 2.30. The van der Waals surface area contributed by atoms with Crippen LogP contribution in [0.5, 0.6) is 5.75 Å². The van der Waals surface area contributed by atoms with Crippen molar-refractivity contribution in [1.29, 1.82) is 0 Å². The van der Waals surface area contributed by atoms with Crippen molar-refractivity contribution >= 4 is 33.4 Å². The number of para-hydroxylation sites is 1. The Morgan fingerprint density at radius 1 is 1.26 bits per heavy atom. The fourth-order valence-corrected chi connectivity index (χ4v) is 5.07. The normalized spacial score (nSPS) is 14.7. The molecule has 0 spiro atoms. The van der Waals surface area contributed by atoms with E-state index in [0.29, 0.717) is 17.0 Å². The van der Waals surface area contributed by atoms with Gasteiger partial charge in [-0.05, 0) is 38.3 Å². The number of benzene rings is 1. The van der Waals surface area contributed by atoms with Gasteiger partial charge in [-0.1, -0.05) is 25.1 Å². The minimum Gasteiger partial charge on any atom is -0.483 e. The second-order valence-corrected chi connectivity index (χ2v) is 8.92. The number of rotatable bonds is 7. The molecule has 3 aromatic rings. The van der Waals surface area contributed by atoms with Crippen LogP contribution >= 0.6 is 11.3 Å². The standard InChI is InChI=1S/C23H28N4O3S/c1-4-18(24-22(29)20-13-17-15(2)25-26(3)23(17)31-20)16-9-5-6-10-19(16)30-14-21(28)27-11-7-8-12-27/h5-6,9-10,13,18H,4,7-8,11-12,14H2,1-3H3,(H,24,29). The second-order valence-electron chi connectivity index (χ2n) is 7.89. The van der Waals surface area contributed by atoms with E-state index in [2.05, 4.69) is 10.4 Å². The van der Waals surface area contributed by atoms with Crippen LogP contribution in [-0.4, -0.2) is 46.2 Å². The maximum atomic E-state index is 13.0. The number of nitrogens with one attached hydrogen (secondary N) is 1. The lowest BCUT2D eigenvalue weighted by Gasteiger charge is -2.21. The molecule has 2 amide bonds. The summed E-state index contributed by atoms with van der Waals surface area (Å²) in [5.74, 6) is 0.535. The predicted molar refractivity (Wildman–Crippen MR) is 122 cm³/mol. The van der Waals surface area contributed by atoms with Crippen molar-refractivity contribution in [1.82, 2.24) is 20.0 Å². The molecule has 3 heterocycles. The summed E-state index contributed by atoms with van der Waals surface area (Å²) in [6.45, 7) is 5.60. The van der Waals surface area contributed by atoms with Crippen molar-refractivity contribution < 1.29 is 14.3 Å². The van der Waals surface area contributed by atoms with Gasteiger partial charge in [-0.2, -0.15) is 5.10 Å². The maximum absolute atomic E-state index is 13.0. The molecule has 8 heteroatoms. The lowest BCUT2D eigenvalue weighted by atomic mass is 10.0. The van der Waals surface area contributed by atoms with E-state index in [-0.39, 0.29) is 24.5 Å². The van der Waals surface area contributed by atoms with Gasteiger partial charge in [0.15, 0.2) is 6.61 Å². The van der Waals surface area contributed by atoms with Crippen LogP contribution in [0.25, 0.3) is 10.2 Å². The maximum Gasteiger partial charge on any atom is 0.261 e. The SMILES string of the molecule is CCC(NC(=O)c1cc2c(C)nn(C)c2s1)c1ccccc1OCC(=O)N1CCCC1. The van der Waals surface area contributed by atoms with E-state index in [1.165, 1.54) is 11.3 Å². The lowest BCUT2D eigenvalue weighted by molar-refractivity contribution is -0.132. The van der Waals surface area contributed by atoms with Gasteiger partial charge in [0.2, 0.25) is 0 Å². The first-order chi connectivity index (χ1) is 15.0. The minimum absolute atomic E-state index is 0.0126. The molecule has 1 atom stereocenters. The lowest BCUT2D eigenvalue weighted by Crippen LogP contribution is -2.32. The van der Waals surface area contributed by atoms with E-state index < -0.39 is 0 Å². The van der Waals surface area contributed by atoms with Crippen LogP contribution in [0.3, 0.4) is 0 Å². The number of aryl methyl sites for hydroxylation is 2. The van der Waals surface area contributed by atoms with Crippen LogP contribution in [-0.2, 0) is 11.8 Å². The van der Waals surface area contributed by atoms with Crippen molar-refractivity contribution in [2.75, 3.05) is 19.7 Å². The summed E-state index contributed by atoms with van der Waals surface area (Å²) in [5.41, 5.74) is 1.80. The molecule has 0 aliphatic carbocycles. The zero-order chi connectivity index (χ0) is 22.0. The number of likely N-dealkylation sites (tertiary alicyclic amines) is 1. The number of ether oxygens (including phenoxy) is 1. The predicted octanol–water partition coefficient (Wildman–Crippen LogP) is 3.83. The molecule has 1 aliphatic rings. The molecule has 1 aliphatic heterocycles. The zero-order valence-corrected chi connectivity index (χ0v) is 19.0. The van der Waals surface area contributed by atoms with Gasteiger partial charge < -0.3 is 15.0 Å². The summed E-state index contributed by atoms with van der Waals surface area (Å²) in [5, 5.41) is 8.55. The summed E-state index contributed by atoms with van der Waals surface area (Å²) >= 11 is 1.44. The van der Waals surface area contributed by atoms with Crippen LogP contribution in [0.2, 0.25) is 0 Å². The number of carbonyl (C=O) groups is 2. The molecule has 4 rings (SSSR count). The number of amides is 2. The van der Waals surface area contributed by atoms with E-state index >= 15 is 0 Å². The van der Waals surface area contributed by atoms with E-state index in [4.69, 9.17) is 4.74 Å². The smallest absolute Gasteiger partial charge is 0.261 e. The summed E-state index contributed by atoms with van der Waals surface area (Å²) in [7, 11) is 1.89. The number of hydrogen-bond acceptors (Lipinski definition) is 5. The number of nitrogens with zero attached hydrogens (tertiary/aromatic N) is 3. The van der Waals surface area contributed by atoms with E-state index in [0.717, 1.165) is 47.4 Å². The highest BCUT2D eigenvalue weighted by atomic mass is 32.1. The molecular weight excluding hydrogens is 412 g/mol. The Morgan fingerprint density at radius 2 is 2.00 bits per heavy atom. The molecule has 1 aromatic carbocycles. The third kappa shape index (κ3) is 4.44. The fraction of sp³-hybridized carbons (Fsp3) is 0.435. The van der Waals surface area contributed by atoms with Crippen molar-refractivity contribution in [3.63, 3.8) is 0 Å². The first-order valence-corrected chi connectivity index (χ1v) is 11.5. The number of hydrogen-bond donors (Lipinski definition) is 1. The molecule has 31 heavy (non-hydrogen) atoms. The Morgan fingerprint density at radius 3 is 2.71 bits per heavy atom. The summed E-state index contributed by atoms with van der Waals surface area (Å²) in [6.07, 6.45) is 2.82. The Balaban J connectivity index is 1.48. The molecule has 0 saturated carbocycles. The quantitative estimate of drug-likeness (QED) is 0.606. The number of fused-ring (bicyclic) bond motifs is 1. The first-order valence-electron chi connectivity index (χ1n) is 10.7. The van der Waals surface area contributed by atoms with E-state index in [9.17, 15) is 9.59 Å². The summed E-state index contributed by atoms with van der Waals surface area (Å²) < 4.78 is 7.71. The Labute approximate surface area is 186 Å². The Bertz CT molecular complexity index is 1060. The molecule has 0 bridgehead atoms. The molecule has 2 aromatic heterocycles. The van der Waals surface area contributed by atoms with Gasteiger partial charge >= 0.3 is 0 Å². The topological polar surface area (TPSA) is 76.5 Å². The molecule has 1 N–H and O–H groups in total. The fourth-order valence-electron chi connectivity index (χ4n) is 4.04. The Hall–Kier alpha value is -2.87. The molecule has 1 saturated heterocycles. The summed E-state index contributed by atoms with van der Waals surface area (Å²) in [6, 6.07) is 9.30. The summed E-state index contributed by atoms with van der Waals surface area (Å²) in [4.78, 5) is 28.9. The zero-order valence-electron chi connectivity index (χ0n) is 18.2. The minimum atomic E-state index is -0.213. The first kappa shape index (κ1) is 21.4. The van der Waals surface area contributed by atoms with Crippen molar-refractivity contribution in [3.8, 4) is 5.75 Å². The number of aromatic nitrogens is 2. The van der Waals surface area contributed by atoms with Gasteiger partial charge in [0, 0.05) is 31.1 Å². The largest absolute Gasteiger partial charge is 0.483 e. The van der Waals surface area contributed by atoms with Crippen LogP contribution in [0.1, 0.15) is 53.2 Å². The average molecular weight is 441 g/mol. The van der Waals surface area contributed by atoms with Gasteiger partial charge in [0.25, 0.3) is 11.8 Å². The van der Waals surface area contributed by atoms with Crippen LogP contribution < -0.4 is 10.1 Å². The second kappa shape index (κ2) is 9.09. The molecule has 164 valence electrons. The van der Waals surface area contributed by atoms with Gasteiger partial charge in [0.1, 0.15) is 10.6 Å².